The molecule has 176 valence electrons. The second-order valence-corrected chi connectivity index (χ2v) is 8.44. The van der Waals surface area contributed by atoms with Crippen LogP contribution in [-0.4, -0.2) is 36.0 Å². The van der Waals surface area contributed by atoms with Crippen LogP contribution >= 0.6 is 11.6 Å². The third kappa shape index (κ3) is 6.42. The number of carbonyl (C=O) groups excluding carboxylic acids is 1. The topological polar surface area (TPSA) is 92.0 Å². The zero-order valence-electron chi connectivity index (χ0n) is 18.8. The van der Waals surface area contributed by atoms with Gasteiger partial charge in [0.15, 0.2) is 5.96 Å². The molecule has 0 atom stereocenters. The summed E-state index contributed by atoms with van der Waals surface area (Å²) < 4.78 is 5.96. The minimum absolute atomic E-state index is 0.0418. The van der Waals surface area contributed by atoms with Crippen LogP contribution in [-0.2, 0) is 6.54 Å². The van der Waals surface area contributed by atoms with Gasteiger partial charge in [0, 0.05) is 35.4 Å². The number of rotatable bonds is 6. The van der Waals surface area contributed by atoms with Crippen molar-refractivity contribution in [3.8, 4) is 11.5 Å². The van der Waals surface area contributed by atoms with Gasteiger partial charge in [0.1, 0.15) is 11.5 Å². The van der Waals surface area contributed by atoms with Gasteiger partial charge in [-0.05, 0) is 49.2 Å². The molecule has 8 heteroatoms. The number of hydrogen-bond donors (Lipinski definition) is 3. The van der Waals surface area contributed by atoms with E-state index < -0.39 is 0 Å². The van der Waals surface area contributed by atoms with Gasteiger partial charge >= 0.3 is 6.03 Å². The molecule has 34 heavy (non-hydrogen) atoms. The van der Waals surface area contributed by atoms with E-state index in [9.17, 15) is 4.79 Å². The highest BCUT2D eigenvalue weighted by atomic mass is 35.5. The molecule has 3 aromatic rings. The number of hydrogen-bond acceptors (Lipinski definition) is 4. The fourth-order valence-electron chi connectivity index (χ4n) is 3.79. The number of nitrogens with zero attached hydrogens (tertiary/aromatic N) is 2. The number of amides is 2. The number of aliphatic imine (C=N–C) groups is 1. The van der Waals surface area contributed by atoms with E-state index in [1.165, 1.54) is 0 Å². The van der Waals surface area contributed by atoms with E-state index in [4.69, 9.17) is 22.1 Å². The van der Waals surface area contributed by atoms with Crippen molar-refractivity contribution in [3.05, 3.63) is 89.4 Å². The monoisotopic (exact) mass is 477 g/mol. The molecule has 0 radical (unpaired) electrons. The number of nitrogens with two attached hydrogens (primary N) is 1. The largest absolute Gasteiger partial charge is 0.457 e. The van der Waals surface area contributed by atoms with Gasteiger partial charge < -0.3 is 20.7 Å². The van der Waals surface area contributed by atoms with E-state index in [1.54, 1.807) is 11.0 Å². The summed E-state index contributed by atoms with van der Waals surface area (Å²) in [7, 11) is 0. The Hall–Kier alpha value is -3.71. The smallest absolute Gasteiger partial charge is 0.324 e. The Morgan fingerprint density at radius 3 is 2.38 bits per heavy atom. The third-order valence-electron chi connectivity index (χ3n) is 5.62. The Morgan fingerprint density at radius 2 is 1.68 bits per heavy atom. The summed E-state index contributed by atoms with van der Waals surface area (Å²) in [6.45, 7) is 1.46. The van der Waals surface area contributed by atoms with E-state index in [-0.39, 0.29) is 18.5 Å². The first kappa shape index (κ1) is 23.4. The molecule has 1 heterocycles. The maximum absolute atomic E-state index is 12.6. The number of guanidine groups is 1. The summed E-state index contributed by atoms with van der Waals surface area (Å²) in [5, 5.41) is 6.72. The summed E-state index contributed by atoms with van der Waals surface area (Å²) in [6, 6.07) is 25.0. The van der Waals surface area contributed by atoms with Gasteiger partial charge in [-0.2, -0.15) is 0 Å². The summed E-state index contributed by atoms with van der Waals surface area (Å²) >= 11 is 6.39. The SMILES string of the molecule is NC(=NCc1c(Cl)cccc1Oc1ccccc1)NC(=O)N1CCC(Nc2ccccc2)CC1. The molecule has 0 aromatic heterocycles. The highest BCUT2D eigenvalue weighted by Gasteiger charge is 2.23. The average Bonchev–Trinajstić information content (AvgIpc) is 2.85. The number of carbonyl (C=O) groups is 1. The lowest BCUT2D eigenvalue weighted by atomic mass is 10.0. The zero-order valence-corrected chi connectivity index (χ0v) is 19.5. The van der Waals surface area contributed by atoms with Crippen LogP contribution in [0, 0.1) is 0 Å². The second kappa shape index (κ2) is 11.4. The Labute approximate surface area is 204 Å². The predicted molar refractivity (Wildman–Crippen MR) is 136 cm³/mol. The van der Waals surface area contributed by atoms with Crippen LogP contribution in [0.1, 0.15) is 18.4 Å². The maximum Gasteiger partial charge on any atom is 0.324 e. The molecule has 7 nitrogen and oxygen atoms in total. The molecule has 0 spiro atoms. The number of para-hydroxylation sites is 2. The number of nitrogens with one attached hydrogen (secondary N) is 2. The van der Waals surface area contributed by atoms with Gasteiger partial charge in [-0.3, -0.25) is 5.32 Å². The number of piperidine rings is 1. The summed E-state index contributed by atoms with van der Waals surface area (Å²) in [6.07, 6.45) is 1.72. The van der Waals surface area contributed by atoms with Crippen molar-refractivity contribution >= 4 is 29.3 Å². The lowest BCUT2D eigenvalue weighted by Gasteiger charge is -2.32. The molecule has 4 rings (SSSR count). The molecule has 2 amide bonds. The molecule has 0 bridgehead atoms. The third-order valence-corrected chi connectivity index (χ3v) is 5.97. The fourth-order valence-corrected chi connectivity index (χ4v) is 4.02. The minimum atomic E-state index is -0.251. The highest BCUT2D eigenvalue weighted by molar-refractivity contribution is 6.31. The van der Waals surface area contributed by atoms with Crippen molar-refractivity contribution in [1.29, 1.82) is 0 Å². The fraction of sp³-hybridized carbons (Fsp3) is 0.231. The Bertz CT molecular complexity index is 1120. The summed E-state index contributed by atoms with van der Waals surface area (Å²) in [4.78, 5) is 18.7. The van der Waals surface area contributed by atoms with Crippen molar-refractivity contribution in [2.45, 2.75) is 25.4 Å². The standard InChI is InChI=1S/C26H28ClN5O2/c27-23-12-7-13-24(34-21-10-5-2-6-11-21)22(23)18-29-25(28)31-26(33)32-16-14-20(15-17-32)30-19-8-3-1-4-9-19/h1-13,20,30H,14-18H2,(H3,28,29,31,33). The molecular weight excluding hydrogens is 450 g/mol. The van der Waals surface area contributed by atoms with Gasteiger partial charge in [0.05, 0.1) is 6.54 Å². The molecule has 1 saturated heterocycles. The van der Waals surface area contributed by atoms with Crippen molar-refractivity contribution in [1.82, 2.24) is 10.2 Å². The zero-order chi connectivity index (χ0) is 23.8. The number of benzene rings is 3. The van der Waals surface area contributed by atoms with Crippen molar-refractivity contribution < 1.29 is 9.53 Å². The molecular formula is C26H28ClN5O2. The van der Waals surface area contributed by atoms with Gasteiger partial charge in [-0.25, -0.2) is 9.79 Å². The van der Waals surface area contributed by atoms with Gasteiger partial charge in [-0.1, -0.05) is 54.1 Å². The van der Waals surface area contributed by atoms with Gasteiger partial charge in [0.25, 0.3) is 0 Å². The Morgan fingerprint density at radius 1 is 1.00 bits per heavy atom. The molecule has 3 aromatic carbocycles. The van der Waals surface area contributed by atoms with Crippen LogP contribution in [0.4, 0.5) is 10.5 Å². The van der Waals surface area contributed by atoms with Crippen LogP contribution < -0.4 is 21.1 Å². The molecule has 1 aliphatic rings. The molecule has 1 fully saturated rings. The van der Waals surface area contributed by atoms with E-state index in [2.05, 4.69) is 15.6 Å². The molecule has 0 saturated carbocycles. The molecule has 4 N–H and O–H groups in total. The van der Waals surface area contributed by atoms with E-state index in [0.29, 0.717) is 41.2 Å². The minimum Gasteiger partial charge on any atom is -0.457 e. The van der Waals surface area contributed by atoms with Crippen molar-refractivity contribution in [2.75, 3.05) is 18.4 Å². The summed E-state index contributed by atoms with van der Waals surface area (Å²) in [5.41, 5.74) is 7.79. The van der Waals surface area contributed by atoms with Gasteiger partial charge in [0.2, 0.25) is 0 Å². The Balaban J connectivity index is 1.30. The first-order valence-electron chi connectivity index (χ1n) is 11.3. The molecule has 0 aliphatic carbocycles. The highest BCUT2D eigenvalue weighted by Crippen LogP contribution is 2.31. The van der Waals surface area contributed by atoms with Crippen LogP contribution in [0.5, 0.6) is 11.5 Å². The van der Waals surface area contributed by atoms with Crippen LogP contribution in [0.25, 0.3) is 0 Å². The van der Waals surface area contributed by atoms with Crippen molar-refractivity contribution in [2.24, 2.45) is 10.7 Å². The van der Waals surface area contributed by atoms with E-state index >= 15 is 0 Å². The van der Waals surface area contributed by atoms with Crippen LogP contribution in [0.2, 0.25) is 5.02 Å². The lowest BCUT2D eigenvalue weighted by molar-refractivity contribution is 0.188. The van der Waals surface area contributed by atoms with Crippen LogP contribution in [0.15, 0.2) is 83.9 Å². The quantitative estimate of drug-likeness (QED) is 0.334. The normalized spacial score (nSPS) is 14.5. The number of halogens is 1. The van der Waals surface area contributed by atoms with E-state index in [0.717, 1.165) is 18.5 Å². The number of ether oxygens (including phenoxy) is 1. The van der Waals surface area contributed by atoms with Crippen molar-refractivity contribution in [3.63, 3.8) is 0 Å². The Kier molecular flexibility index (Phi) is 7.88. The summed E-state index contributed by atoms with van der Waals surface area (Å²) in [5.74, 6) is 1.33. The first-order chi connectivity index (χ1) is 16.6. The van der Waals surface area contributed by atoms with Crippen LogP contribution in [0.3, 0.4) is 0 Å². The number of urea groups is 1. The first-order valence-corrected chi connectivity index (χ1v) is 11.6. The maximum atomic E-state index is 12.6. The average molecular weight is 478 g/mol. The van der Waals surface area contributed by atoms with E-state index in [1.807, 2.05) is 72.8 Å². The predicted octanol–water partition coefficient (Wildman–Crippen LogP) is 5.23. The molecule has 1 aliphatic heterocycles. The number of likely N-dealkylation sites (tertiary alicyclic amines) is 1. The molecule has 0 unspecified atom stereocenters. The second-order valence-electron chi connectivity index (χ2n) is 8.03. The lowest BCUT2D eigenvalue weighted by Crippen LogP contribution is -2.50. The number of anilines is 1. The van der Waals surface area contributed by atoms with Gasteiger partial charge in [-0.15, -0.1) is 0 Å².